The fourth-order valence-electron chi connectivity index (χ4n) is 0.0623. The highest BCUT2D eigenvalue weighted by molar-refractivity contribution is 5.21. The van der Waals surface area contributed by atoms with Gasteiger partial charge in [0.15, 0.2) is 0 Å². The monoisotopic (exact) mass is 87.0 g/mol. The summed E-state index contributed by atoms with van der Waals surface area (Å²) in [5.41, 5.74) is 0. The second-order valence-corrected chi connectivity index (χ2v) is 0.492. The van der Waals surface area contributed by atoms with Gasteiger partial charge in [-0.2, -0.15) is 5.11 Å². The normalized spacial score (nSPS) is 8.83. The molecule has 6 heavy (non-hydrogen) atoms. The molecule has 0 aromatic rings. The van der Waals surface area contributed by atoms with E-state index in [9.17, 15) is 0 Å². The Morgan fingerprint density at radius 3 is 2.50 bits per heavy atom. The van der Waals surface area contributed by atoms with Crippen molar-refractivity contribution < 1.29 is 4.94 Å². The minimum atomic E-state index is 1.48. The van der Waals surface area contributed by atoms with E-state index in [1.807, 2.05) is 0 Å². The van der Waals surface area contributed by atoms with Crippen LogP contribution in [0.15, 0.2) is 15.5 Å². The summed E-state index contributed by atoms with van der Waals surface area (Å²) in [5.74, 6) is 0. The summed E-state index contributed by atoms with van der Waals surface area (Å²) in [6.45, 7) is 2.97. The van der Waals surface area contributed by atoms with Gasteiger partial charge < -0.3 is 0 Å². The van der Waals surface area contributed by atoms with E-state index in [1.165, 1.54) is 7.05 Å². The molecule has 0 bridgehead atoms. The highest BCUT2D eigenvalue weighted by Gasteiger charge is 1.55. The minimum absolute atomic E-state index is 1.48. The first-order valence-corrected chi connectivity index (χ1v) is 1.33. The number of hydrogen-bond acceptors (Lipinski definition) is 4. The molecule has 4 nitrogen and oxygen atoms in total. The lowest BCUT2D eigenvalue weighted by Crippen LogP contribution is -1.58. The van der Waals surface area contributed by atoms with Crippen LogP contribution >= 0.6 is 0 Å². The minimum Gasteiger partial charge on any atom is -0.225 e. The van der Waals surface area contributed by atoms with Gasteiger partial charge in [0.2, 0.25) is 0 Å². The Labute approximate surface area is 35.5 Å². The summed E-state index contributed by atoms with van der Waals surface area (Å²) in [7, 11) is 1.48. The van der Waals surface area contributed by atoms with E-state index in [0.717, 1.165) is 0 Å². The van der Waals surface area contributed by atoms with Crippen LogP contribution in [0, 0.1) is 0 Å². The molecule has 0 atom stereocenters. The lowest BCUT2D eigenvalue weighted by molar-refractivity contribution is 0.136. The van der Waals surface area contributed by atoms with E-state index in [0.29, 0.717) is 0 Å². The second kappa shape index (κ2) is 4.07. The summed E-state index contributed by atoms with van der Waals surface area (Å²) < 4.78 is 0. The molecule has 0 radical (unpaired) electrons. The molecule has 0 amide bonds. The summed E-state index contributed by atoms with van der Waals surface area (Å²) in [4.78, 5) is 3.95. The molecular weight excluding hydrogens is 82.0 g/mol. The molecule has 0 unspecified atom stereocenters. The molecule has 34 valence electrons. The molecule has 4 heteroatoms. The average molecular weight is 87.1 g/mol. The molecule has 0 spiro atoms. The van der Waals surface area contributed by atoms with Crippen molar-refractivity contribution in [1.82, 2.24) is 0 Å². The van der Waals surface area contributed by atoms with E-state index >= 15 is 0 Å². The third kappa shape index (κ3) is 3.07. The second-order valence-electron chi connectivity index (χ2n) is 0.492. The molecule has 0 rings (SSSR count). The zero-order chi connectivity index (χ0) is 4.83. The molecule has 0 saturated carbocycles. The highest BCUT2D eigenvalue weighted by atomic mass is 16.8. The van der Waals surface area contributed by atoms with Crippen molar-refractivity contribution >= 4 is 6.72 Å². The first kappa shape index (κ1) is 5.07. The average Bonchev–Trinajstić information content (AvgIpc) is 1.61. The van der Waals surface area contributed by atoms with Crippen LogP contribution in [0.1, 0.15) is 0 Å². The van der Waals surface area contributed by atoms with Crippen LogP contribution < -0.4 is 0 Å². The fourth-order valence-corrected chi connectivity index (χ4v) is 0.0623. The number of oxime groups is 1. The van der Waals surface area contributed by atoms with Gasteiger partial charge in [-0.1, -0.05) is 5.16 Å². The molecular formula is C2H5N3O. The van der Waals surface area contributed by atoms with Gasteiger partial charge in [0.25, 0.3) is 0 Å². The van der Waals surface area contributed by atoms with E-state index in [2.05, 4.69) is 27.2 Å². The van der Waals surface area contributed by atoms with Crippen molar-refractivity contribution in [3.8, 4) is 0 Å². The van der Waals surface area contributed by atoms with Crippen LogP contribution in [0.3, 0.4) is 0 Å². The maximum Gasteiger partial charge on any atom is 0.0529 e. The molecule has 0 aliphatic rings. The maximum absolute atomic E-state index is 3.95. The molecule has 0 aromatic heterocycles. The van der Waals surface area contributed by atoms with Gasteiger partial charge in [-0.25, -0.2) is 4.94 Å². The van der Waals surface area contributed by atoms with Crippen molar-refractivity contribution in [3.05, 3.63) is 0 Å². The van der Waals surface area contributed by atoms with Crippen molar-refractivity contribution in [2.45, 2.75) is 0 Å². The molecule has 0 N–H and O–H groups in total. The summed E-state index contributed by atoms with van der Waals surface area (Å²) in [6.07, 6.45) is 0. The van der Waals surface area contributed by atoms with Gasteiger partial charge >= 0.3 is 0 Å². The number of rotatable bonds is 2. The van der Waals surface area contributed by atoms with Gasteiger partial charge in [-0.15, -0.1) is 0 Å². The van der Waals surface area contributed by atoms with Crippen LogP contribution in [0.2, 0.25) is 0 Å². The van der Waals surface area contributed by atoms with Crippen LogP contribution in [0.5, 0.6) is 0 Å². The first-order valence-electron chi connectivity index (χ1n) is 1.33. The first-order chi connectivity index (χ1) is 2.91. The van der Waals surface area contributed by atoms with Crippen LogP contribution in [-0.2, 0) is 4.94 Å². The molecule has 0 aromatic carbocycles. The predicted octanol–water partition coefficient (Wildman–Crippen LogP) is 0.616. The standard InChI is InChI=1S/C2H5N3O/c1-3-5-6-4-2/h2H2,1H3/b5-3-. The lowest BCUT2D eigenvalue weighted by atomic mass is 11.6. The van der Waals surface area contributed by atoms with E-state index in [4.69, 9.17) is 0 Å². The van der Waals surface area contributed by atoms with Gasteiger partial charge in [0.05, 0.1) is 12.3 Å². The fraction of sp³-hybridized carbons (Fsp3) is 0.500. The third-order valence-corrected chi connectivity index (χ3v) is 0.176. The topological polar surface area (TPSA) is 46.3 Å². The third-order valence-electron chi connectivity index (χ3n) is 0.176. The molecule has 0 fully saturated rings. The Kier molecular flexibility index (Phi) is 3.44. The quantitative estimate of drug-likeness (QED) is 0.276. The Morgan fingerprint density at radius 1 is 1.67 bits per heavy atom. The van der Waals surface area contributed by atoms with Gasteiger partial charge in [-0.3, -0.25) is 0 Å². The number of hydrogen-bond donors (Lipinski definition) is 0. The smallest absolute Gasteiger partial charge is 0.0529 e. The van der Waals surface area contributed by atoms with Crippen LogP contribution in [-0.4, -0.2) is 13.8 Å². The highest BCUT2D eigenvalue weighted by Crippen LogP contribution is 1.71. The zero-order valence-corrected chi connectivity index (χ0v) is 3.46. The predicted molar refractivity (Wildman–Crippen MR) is 21.4 cm³/mol. The lowest BCUT2D eigenvalue weighted by Gasteiger charge is -1.73. The van der Waals surface area contributed by atoms with Crippen LogP contribution in [0.4, 0.5) is 0 Å². The van der Waals surface area contributed by atoms with Crippen LogP contribution in [0.25, 0.3) is 0 Å². The Hall–Kier alpha value is -0.930. The van der Waals surface area contributed by atoms with Gasteiger partial charge in [-0.05, 0) is 0 Å². The Morgan fingerprint density at radius 2 is 2.33 bits per heavy atom. The maximum atomic E-state index is 3.95. The molecule has 0 heterocycles. The van der Waals surface area contributed by atoms with E-state index in [1.54, 1.807) is 0 Å². The van der Waals surface area contributed by atoms with Gasteiger partial charge in [0.1, 0.15) is 0 Å². The van der Waals surface area contributed by atoms with Gasteiger partial charge in [0, 0.05) is 6.72 Å². The number of nitrogens with zero attached hydrogens (tertiary/aromatic N) is 3. The molecule has 0 aliphatic carbocycles. The SMILES string of the molecule is C=NO/N=N\C. The zero-order valence-electron chi connectivity index (χ0n) is 3.46. The molecule has 0 aliphatic heterocycles. The summed E-state index contributed by atoms with van der Waals surface area (Å²) in [5, 5.41) is 9.10. The van der Waals surface area contributed by atoms with E-state index < -0.39 is 0 Å². The van der Waals surface area contributed by atoms with Crippen molar-refractivity contribution in [1.29, 1.82) is 0 Å². The largest absolute Gasteiger partial charge is 0.225 e. The van der Waals surface area contributed by atoms with Crippen molar-refractivity contribution in [3.63, 3.8) is 0 Å². The van der Waals surface area contributed by atoms with Crippen molar-refractivity contribution in [2.24, 2.45) is 15.5 Å². The van der Waals surface area contributed by atoms with Crippen molar-refractivity contribution in [2.75, 3.05) is 7.05 Å². The Bertz CT molecular complexity index is 59.8. The molecule has 0 saturated heterocycles. The summed E-state index contributed by atoms with van der Waals surface area (Å²) >= 11 is 0. The van der Waals surface area contributed by atoms with E-state index in [-0.39, 0.29) is 0 Å². The summed E-state index contributed by atoms with van der Waals surface area (Å²) in [6, 6.07) is 0. The Balaban J connectivity index is 2.85.